The van der Waals surface area contributed by atoms with E-state index in [2.05, 4.69) is 9.80 Å². The van der Waals surface area contributed by atoms with Gasteiger partial charge in [-0.1, -0.05) is 0 Å². The van der Waals surface area contributed by atoms with Crippen LogP contribution in [0, 0.1) is 0 Å². The summed E-state index contributed by atoms with van der Waals surface area (Å²) >= 11 is 1.80. The van der Waals surface area contributed by atoms with Crippen molar-refractivity contribution in [3.63, 3.8) is 0 Å². The maximum absolute atomic E-state index is 12.0. The van der Waals surface area contributed by atoms with Gasteiger partial charge in [-0.05, 0) is 31.2 Å². The maximum Gasteiger partial charge on any atom is 0.152 e. The number of sulfone groups is 1. The van der Waals surface area contributed by atoms with Crippen molar-refractivity contribution >= 4 is 37.2 Å². The average Bonchev–Trinajstić information content (AvgIpc) is 3.35. The zero-order valence-electron chi connectivity index (χ0n) is 16.2. The Morgan fingerprint density at radius 3 is 2.82 bits per heavy atom. The highest BCUT2D eigenvalue weighted by atomic mass is 32.2. The standard InChI is InChI=1S/C19H26N4O3S2/c1-22(13-5-10-28(24,25)12-13)18-17-14-3-2-4-15(14)27-19(17)21-16(20-18)11-23-6-8-26-9-7-23/h13H,2-12H2,1H3/t13-/m1/s1. The number of morpholine rings is 1. The van der Waals surface area contributed by atoms with E-state index in [-0.39, 0.29) is 17.5 Å². The Hall–Kier alpha value is -1.29. The van der Waals surface area contributed by atoms with Crippen molar-refractivity contribution in [1.82, 2.24) is 14.9 Å². The average molecular weight is 423 g/mol. The fourth-order valence-electron chi connectivity index (χ4n) is 4.56. The summed E-state index contributed by atoms with van der Waals surface area (Å²) in [5.74, 6) is 2.26. The predicted molar refractivity (Wildman–Crippen MR) is 111 cm³/mol. The molecule has 0 unspecified atom stereocenters. The van der Waals surface area contributed by atoms with Crippen LogP contribution in [0.15, 0.2) is 0 Å². The molecule has 2 aromatic rings. The molecule has 0 aromatic carbocycles. The Labute approximate surface area is 169 Å². The van der Waals surface area contributed by atoms with Gasteiger partial charge in [0.1, 0.15) is 16.5 Å². The lowest BCUT2D eigenvalue weighted by Gasteiger charge is -2.28. The van der Waals surface area contributed by atoms with Crippen LogP contribution in [0.2, 0.25) is 0 Å². The van der Waals surface area contributed by atoms with Crippen molar-refractivity contribution in [2.75, 3.05) is 49.8 Å². The second-order valence-corrected chi connectivity index (χ2v) is 11.4. The summed E-state index contributed by atoms with van der Waals surface area (Å²) in [6.45, 7) is 4.01. The first-order valence-corrected chi connectivity index (χ1v) is 12.7. The van der Waals surface area contributed by atoms with Gasteiger partial charge in [-0.3, -0.25) is 4.90 Å². The van der Waals surface area contributed by atoms with E-state index in [9.17, 15) is 8.42 Å². The molecule has 0 amide bonds. The van der Waals surface area contributed by atoms with Gasteiger partial charge in [0.05, 0.1) is 36.7 Å². The maximum atomic E-state index is 12.0. The molecule has 0 N–H and O–H groups in total. The van der Waals surface area contributed by atoms with Crippen LogP contribution < -0.4 is 4.90 Å². The quantitative estimate of drug-likeness (QED) is 0.741. The summed E-state index contributed by atoms with van der Waals surface area (Å²) in [7, 11) is -0.933. The smallest absolute Gasteiger partial charge is 0.152 e. The van der Waals surface area contributed by atoms with E-state index in [0.717, 1.165) is 61.0 Å². The van der Waals surface area contributed by atoms with Crippen molar-refractivity contribution < 1.29 is 13.2 Å². The van der Waals surface area contributed by atoms with E-state index in [1.807, 2.05) is 7.05 Å². The van der Waals surface area contributed by atoms with Crippen LogP contribution in [0.4, 0.5) is 5.82 Å². The Morgan fingerprint density at radius 2 is 2.07 bits per heavy atom. The van der Waals surface area contributed by atoms with Crippen molar-refractivity contribution in [3.05, 3.63) is 16.3 Å². The fraction of sp³-hybridized carbons (Fsp3) is 0.684. The fourth-order valence-corrected chi connectivity index (χ4v) is 7.61. The lowest BCUT2D eigenvalue weighted by atomic mass is 10.1. The second-order valence-electron chi connectivity index (χ2n) is 8.06. The number of aromatic nitrogens is 2. The van der Waals surface area contributed by atoms with Crippen LogP contribution in [0.3, 0.4) is 0 Å². The lowest BCUT2D eigenvalue weighted by Crippen LogP contribution is -2.37. The summed E-state index contributed by atoms with van der Waals surface area (Å²) in [6, 6.07) is -0.00344. The molecule has 2 saturated heterocycles. The SMILES string of the molecule is CN(c1nc(CN2CCOCC2)nc2sc3c(c12)CCC3)[C@@H]1CCS(=O)(=O)C1. The molecule has 2 aromatic heterocycles. The van der Waals surface area contributed by atoms with Crippen LogP contribution in [0.1, 0.15) is 29.1 Å². The van der Waals surface area contributed by atoms with Gasteiger partial charge in [0.2, 0.25) is 0 Å². The minimum absolute atomic E-state index is 0.00344. The van der Waals surface area contributed by atoms with Gasteiger partial charge < -0.3 is 9.64 Å². The molecule has 152 valence electrons. The molecule has 9 heteroatoms. The first-order valence-electron chi connectivity index (χ1n) is 10.0. The highest BCUT2D eigenvalue weighted by Gasteiger charge is 2.33. The van der Waals surface area contributed by atoms with Crippen molar-refractivity contribution in [1.29, 1.82) is 0 Å². The first-order chi connectivity index (χ1) is 13.5. The van der Waals surface area contributed by atoms with E-state index in [1.54, 1.807) is 11.3 Å². The number of fused-ring (bicyclic) bond motifs is 3. The molecule has 2 fully saturated rings. The molecule has 5 rings (SSSR count). The third-order valence-electron chi connectivity index (χ3n) is 6.15. The molecular formula is C19H26N4O3S2. The number of ether oxygens (including phenoxy) is 1. The van der Waals surface area contributed by atoms with Crippen LogP contribution >= 0.6 is 11.3 Å². The largest absolute Gasteiger partial charge is 0.379 e. The molecule has 0 radical (unpaired) electrons. The third-order valence-corrected chi connectivity index (χ3v) is 9.09. The molecule has 1 aliphatic carbocycles. The number of hydrogen-bond acceptors (Lipinski definition) is 8. The minimum atomic E-state index is -2.94. The van der Waals surface area contributed by atoms with Gasteiger partial charge in [-0.15, -0.1) is 11.3 Å². The first kappa shape index (κ1) is 18.7. The summed E-state index contributed by atoms with van der Waals surface area (Å²) in [4.78, 5) is 16.8. The van der Waals surface area contributed by atoms with Gasteiger partial charge >= 0.3 is 0 Å². The summed E-state index contributed by atoms with van der Waals surface area (Å²) in [6.07, 6.45) is 4.06. The van der Waals surface area contributed by atoms with Crippen LogP contribution in [0.25, 0.3) is 10.2 Å². The van der Waals surface area contributed by atoms with Gasteiger partial charge in [0.15, 0.2) is 9.84 Å². The molecule has 0 bridgehead atoms. The molecule has 2 aliphatic heterocycles. The highest BCUT2D eigenvalue weighted by Crippen LogP contribution is 2.41. The van der Waals surface area contributed by atoms with Gasteiger partial charge in [0.25, 0.3) is 0 Å². The number of rotatable bonds is 4. The zero-order chi connectivity index (χ0) is 19.3. The molecule has 28 heavy (non-hydrogen) atoms. The Kier molecular flexibility index (Phi) is 4.81. The molecule has 0 saturated carbocycles. The van der Waals surface area contributed by atoms with Crippen molar-refractivity contribution in [3.8, 4) is 0 Å². The summed E-state index contributed by atoms with van der Waals surface area (Å²) in [5, 5.41) is 1.16. The Morgan fingerprint density at radius 1 is 1.25 bits per heavy atom. The van der Waals surface area contributed by atoms with Gasteiger partial charge in [0, 0.05) is 31.1 Å². The molecule has 1 atom stereocenters. The minimum Gasteiger partial charge on any atom is -0.379 e. The van der Waals surface area contributed by atoms with Crippen LogP contribution in [-0.2, 0) is 34.0 Å². The monoisotopic (exact) mass is 422 g/mol. The molecule has 7 nitrogen and oxygen atoms in total. The van der Waals surface area contributed by atoms with Crippen LogP contribution in [0.5, 0.6) is 0 Å². The number of nitrogens with zero attached hydrogens (tertiary/aromatic N) is 4. The molecule has 3 aliphatic rings. The molecule has 4 heterocycles. The van der Waals surface area contributed by atoms with Gasteiger partial charge in [-0.25, -0.2) is 18.4 Å². The number of aryl methyl sites for hydroxylation is 2. The Balaban J connectivity index is 1.54. The van der Waals surface area contributed by atoms with Gasteiger partial charge in [-0.2, -0.15) is 0 Å². The third kappa shape index (κ3) is 3.42. The highest BCUT2D eigenvalue weighted by molar-refractivity contribution is 7.91. The number of thiophene rings is 1. The number of anilines is 1. The Bertz CT molecular complexity index is 998. The second kappa shape index (κ2) is 7.19. The zero-order valence-corrected chi connectivity index (χ0v) is 17.8. The van der Waals surface area contributed by atoms with E-state index in [0.29, 0.717) is 13.0 Å². The van der Waals surface area contributed by atoms with Crippen molar-refractivity contribution in [2.45, 2.75) is 38.3 Å². The predicted octanol–water partition coefficient (Wildman–Crippen LogP) is 1.64. The normalized spacial score (nSPS) is 24.7. The van der Waals surface area contributed by atoms with E-state index in [1.165, 1.54) is 16.9 Å². The van der Waals surface area contributed by atoms with E-state index < -0.39 is 9.84 Å². The summed E-state index contributed by atoms with van der Waals surface area (Å²) in [5.41, 5.74) is 1.39. The van der Waals surface area contributed by atoms with E-state index >= 15 is 0 Å². The molecule has 0 spiro atoms. The van der Waals surface area contributed by atoms with E-state index in [4.69, 9.17) is 14.7 Å². The topological polar surface area (TPSA) is 75.6 Å². The lowest BCUT2D eigenvalue weighted by molar-refractivity contribution is 0.0331. The summed E-state index contributed by atoms with van der Waals surface area (Å²) < 4.78 is 29.5. The van der Waals surface area contributed by atoms with Crippen LogP contribution in [-0.4, -0.2) is 74.2 Å². The van der Waals surface area contributed by atoms with Crippen molar-refractivity contribution in [2.24, 2.45) is 0 Å². The molecular weight excluding hydrogens is 396 g/mol. The number of hydrogen-bond donors (Lipinski definition) is 0.